The fourth-order valence-corrected chi connectivity index (χ4v) is 3.66. The van der Waals surface area contributed by atoms with Crippen LogP contribution in [-0.4, -0.2) is 27.2 Å². The highest BCUT2D eigenvalue weighted by Gasteiger charge is 2.14. The van der Waals surface area contributed by atoms with E-state index in [9.17, 15) is 10.5 Å². The van der Waals surface area contributed by atoms with Gasteiger partial charge in [0.15, 0.2) is 0 Å². The Balaban J connectivity index is 2.41. The molecule has 0 saturated carbocycles. The van der Waals surface area contributed by atoms with Crippen LogP contribution in [0.15, 0.2) is 54.1 Å². The second kappa shape index (κ2) is 10.5. The van der Waals surface area contributed by atoms with E-state index in [0.29, 0.717) is 17.4 Å². The molecule has 30 heavy (non-hydrogen) atoms. The van der Waals surface area contributed by atoms with Gasteiger partial charge in [0.25, 0.3) is 0 Å². The van der Waals surface area contributed by atoms with E-state index < -0.39 is 0 Å². The van der Waals surface area contributed by atoms with Gasteiger partial charge in [-0.3, -0.25) is 0 Å². The van der Waals surface area contributed by atoms with Crippen molar-refractivity contribution in [3.63, 3.8) is 0 Å². The maximum atomic E-state index is 9.56. The van der Waals surface area contributed by atoms with Gasteiger partial charge in [0.05, 0.1) is 0 Å². The average molecular weight is 401 g/mol. The van der Waals surface area contributed by atoms with Crippen LogP contribution in [0.3, 0.4) is 0 Å². The van der Waals surface area contributed by atoms with Crippen molar-refractivity contribution in [3.05, 3.63) is 65.2 Å². The quantitative estimate of drug-likeness (QED) is 0.532. The van der Waals surface area contributed by atoms with Crippen LogP contribution in [0.1, 0.15) is 38.8 Å². The summed E-state index contributed by atoms with van der Waals surface area (Å²) in [5.41, 5.74) is 4.79. The number of rotatable bonds is 8. The summed E-state index contributed by atoms with van der Waals surface area (Å²) in [5, 5.41) is 19.1. The topological polar surface area (TPSA) is 54.1 Å². The van der Waals surface area contributed by atoms with Crippen LogP contribution in [0.2, 0.25) is 0 Å². The monoisotopic (exact) mass is 400 g/mol. The molecule has 0 fully saturated rings. The second-order valence-electron chi connectivity index (χ2n) is 8.62. The van der Waals surface area contributed by atoms with Gasteiger partial charge < -0.3 is 9.80 Å². The zero-order valence-electron chi connectivity index (χ0n) is 19.0. The molecule has 4 nitrogen and oxygen atoms in total. The van der Waals surface area contributed by atoms with Gasteiger partial charge in [-0.2, -0.15) is 10.5 Å². The molecule has 0 heterocycles. The summed E-state index contributed by atoms with van der Waals surface area (Å²) < 4.78 is 0. The van der Waals surface area contributed by atoms with Crippen LogP contribution in [0, 0.1) is 34.5 Å². The molecule has 2 aromatic rings. The first-order valence-corrected chi connectivity index (χ1v) is 10.4. The lowest BCUT2D eigenvalue weighted by atomic mass is 9.93. The molecule has 2 rings (SSSR count). The Hall–Kier alpha value is -3.24. The maximum Gasteiger partial charge on any atom is 0.138 e. The van der Waals surface area contributed by atoms with Crippen molar-refractivity contribution in [2.24, 2.45) is 11.8 Å². The fraction of sp³-hybridized carbons (Fsp3) is 0.385. The van der Waals surface area contributed by atoms with E-state index in [0.717, 1.165) is 35.6 Å². The normalized spacial score (nSPS) is 10.5. The predicted molar refractivity (Wildman–Crippen MR) is 126 cm³/mol. The number of benzene rings is 2. The fourth-order valence-electron chi connectivity index (χ4n) is 3.66. The summed E-state index contributed by atoms with van der Waals surface area (Å²) in [6.45, 7) is 10.7. The van der Waals surface area contributed by atoms with Gasteiger partial charge in [0.1, 0.15) is 17.7 Å². The molecule has 2 aromatic carbocycles. The Morgan fingerprint density at radius 2 is 1.03 bits per heavy atom. The minimum absolute atomic E-state index is 0.126. The molecular weight excluding hydrogens is 368 g/mol. The van der Waals surface area contributed by atoms with Crippen LogP contribution >= 0.6 is 0 Å². The lowest BCUT2D eigenvalue weighted by Gasteiger charge is -2.22. The van der Waals surface area contributed by atoms with Crippen LogP contribution in [-0.2, 0) is 0 Å². The van der Waals surface area contributed by atoms with E-state index in [4.69, 9.17) is 0 Å². The summed E-state index contributed by atoms with van der Waals surface area (Å²) in [4.78, 5) is 4.43. The Morgan fingerprint density at radius 3 is 1.30 bits per heavy atom. The molecule has 4 heteroatoms. The van der Waals surface area contributed by atoms with Crippen molar-refractivity contribution in [1.29, 1.82) is 10.5 Å². The third kappa shape index (κ3) is 5.88. The minimum Gasteiger partial charge on any atom is -0.374 e. The third-order valence-corrected chi connectivity index (χ3v) is 4.95. The van der Waals surface area contributed by atoms with Gasteiger partial charge in [-0.05, 0) is 47.2 Å². The van der Waals surface area contributed by atoms with Gasteiger partial charge in [-0.25, -0.2) is 0 Å². The van der Waals surface area contributed by atoms with E-state index in [1.165, 1.54) is 0 Å². The van der Waals surface area contributed by atoms with E-state index in [2.05, 4.69) is 88.0 Å². The smallest absolute Gasteiger partial charge is 0.138 e. The van der Waals surface area contributed by atoms with Crippen molar-refractivity contribution in [3.8, 4) is 12.1 Å². The van der Waals surface area contributed by atoms with Crippen LogP contribution in [0.5, 0.6) is 0 Å². The van der Waals surface area contributed by atoms with Gasteiger partial charge in [0, 0.05) is 44.1 Å². The van der Waals surface area contributed by atoms with Crippen LogP contribution in [0.4, 0.5) is 11.4 Å². The Morgan fingerprint density at radius 1 is 0.700 bits per heavy atom. The number of anilines is 2. The summed E-state index contributed by atoms with van der Waals surface area (Å²) >= 11 is 0. The number of allylic oxidation sites excluding steroid dienone is 1. The number of hydrogen-bond acceptors (Lipinski definition) is 4. The highest BCUT2D eigenvalue weighted by molar-refractivity contribution is 5.87. The second-order valence-corrected chi connectivity index (χ2v) is 8.62. The van der Waals surface area contributed by atoms with E-state index in [-0.39, 0.29) is 5.57 Å². The molecule has 0 atom stereocenters. The SMILES string of the molecule is CC(C)CN(C)c1ccc(C(=C(C#N)C#N)c2ccc(N(C)CC(C)C)cc2)cc1. The molecule has 156 valence electrons. The van der Waals surface area contributed by atoms with Gasteiger partial charge in [0.2, 0.25) is 0 Å². The zero-order valence-corrected chi connectivity index (χ0v) is 19.0. The molecule has 0 saturated heterocycles. The highest BCUT2D eigenvalue weighted by Crippen LogP contribution is 2.30. The van der Waals surface area contributed by atoms with E-state index >= 15 is 0 Å². The maximum absolute atomic E-state index is 9.56. The first-order valence-electron chi connectivity index (χ1n) is 10.4. The van der Waals surface area contributed by atoms with E-state index in [1.807, 2.05) is 24.3 Å². The Labute approximate surface area is 181 Å². The molecule has 0 aromatic heterocycles. The molecular formula is C26H32N4. The van der Waals surface area contributed by atoms with Crippen molar-refractivity contribution in [2.75, 3.05) is 37.0 Å². The predicted octanol–water partition coefficient (Wildman–Crippen LogP) is 5.72. The average Bonchev–Trinajstić information content (AvgIpc) is 2.71. The lowest BCUT2D eigenvalue weighted by molar-refractivity contribution is 0.638. The number of hydrogen-bond donors (Lipinski definition) is 0. The lowest BCUT2D eigenvalue weighted by Crippen LogP contribution is -2.22. The standard InChI is InChI=1S/C26H32N4/c1-19(2)17-29(5)24-11-7-21(8-12-24)26(23(15-27)16-28)22-9-13-25(14-10-22)30(6)18-20(3)4/h7-14,19-20H,17-18H2,1-6H3. The number of nitriles is 2. The van der Waals surface area contributed by atoms with Crippen molar-refractivity contribution >= 4 is 16.9 Å². The summed E-state index contributed by atoms with van der Waals surface area (Å²) in [6.07, 6.45) is 0. The molecule has 0 spiro atoms. The summed E-state index contributed by atoms with van der Waals surface area (Å²) in [7, 11) is 4.16. The molecule has 0 N–H and O–H groups in total. The molecule has 0 radical (unpaired) electrons. The molecule has 0 amide bonds. The Bertz CT molecular complexity index is 861. The van der Waals surface area contributed by atoms with Crippen molar-refractivity contribution in [2.45, 2.75) is 27.7 Å². The van der Waals surface area contributed by atoms with Crippen molar-refractivity contribution in [1.82, 2.24) is 0 Å². The minimum atomic E-state index is 0.126. The molecule has 0 aliphatic heterocycles. The van der Waals surface area contributed by atoms with Gasteiger partial charge in [-0.1, -0.05) is 52.0 Å². The van der Waals surface area contributed by atoms with Gasteiger partial charge in [-0.15, -0.1) is 0 Å². The van der Waals surface area contributed by atoms with E-state index in [1.54, 1.807) is 0 Å². The molecule has 0 unspecified atom stereocenters. The highest BCUT2D eigenvalue weighted by atomic mass is 15.1. The Kier molecular flexibility index (Phi) is 8.07. The summed E-state index contributed by atoms with van der Waals surface area (Å²) in [6, 6.07) is 20.3. The van der Waals surface area contributed by atoms with Crippen LogP contribution in [0.25, 0.3) is 5.57 Å². The first kappa shape index (κ1) is 23.0. The molecule has 0 aliphatic carbocycles. The first-order chi connectivity index (χ1) is 14.3. The van der Waals surface area contributed by atoms with Crippen molar-refractivity contribution < 1.29 is 0 Å². The largest absolute Gasteiger partial charge is 0.374 e. The number of nitrogens with zero attached hydrogens (tertiary/aromatic N) is 4. The summed E-state index contributed by atoms with van der Waals surface area (Å²) in [5.74, 6) is 1.14. The molecule has 0 bridgehead atoms. The van der Waals surface area contributed by atoms with Gasteiger partial charge >= 0.3 is 0 Å². The molecule has 0 aliphatic rings. The third-order valence-electron chi connectivity index (χ3n) is 4.95. The van der Waals surface area contributed by atoms with Crippen LogP contribution < -0.4 is 9.80 Å². The zero-order chi connectivity index (χ0) is 22.3.